The summed E-state index contributed by atoms with van der Waals surface area (Å²) in [5, 5.41) is 0. The van der Waals surface area contributed by atoms with E-state index in [1.807, 2.05) is 0 Å². The lowest BCUT2D eigenvalue weighted by Crippen LogP contribution is -2.65. The summed E-state index contributed by atoms with van der Waals surface area (Å²) in [4.78, 5) is 48.9. The molecule has 0 spiro atoms. The average Bonchev–Trinajstić information content (AvgIpc) is 3.17. The van der Waals surface area contributed by atoms with Crippen LogP contribution >= 0.6 is 0 Å². The highest BCUT2D eigenvalue weighted by Gasteiger charge is 2.64. The molecule has 0 unspecified atom stereocenters. The van der Waals surface area contributed by atoms with E-state index in [-0.39, 0.29) is 0 Å². The zero-order chi connectivity index (χ0) is 39.3. The van der Waals surface area contributed by atoms with E-state index < -0.39 is 139 Å². The van der Waals surface area contributed by atoms with Gasteiger partial charge in [-0.2, -0.15) is 33.7 Å². The third-order valence-corrected chi connectivity index (χ3v) is 8.45. The minimum Gasteiger partial charge on any atom is -0.456 e. The van der Waals surface area contributed by atoms with Gasteiger partial charge in [-0.05, 0) is 0 Å². The number of esters is 4. The maximum absolute atomic E-state index is 12.5. The molecule has 9 atom stereocenters. The van der Waals surface area contributed by atoms with Crippen molar-refractivity contribution < 1.29 is 103 Å². The molecule has 2 heterocycles. The molecule has 0 N–H and O–H groups in total. The Morgan fingerprint density at radius 1 is 0.549 bits per heavy atom. The summed E-state index contributed by atoms with van der Waals surface area (Å²) < 4.78 is 155. The Balaban J connectivity index is 2.92. The van der Waals surface area contributed by atoms with E-state index in [2.05, 4.69) is 0 Å². The summed E-state index contributed by atoms with van der Waals surface area (Å²) in [6.45, 7) is 0.0978. The second kappa shape index (κ2) is 17.0. The summed E-state index contributed by atoms with van der Waals surface area (Å²) in [5.41, 5.74) is 0. The van der Waals surface area contributed by atoms with Crippen LogP contribution < -0.4 is 0 Å². The van der Waals surface area contributed by atoms with Gasteiger partial charge in [0.05, 0.1) is 38.2 Å². The monoisotopic (exact) mass is 822 g/mol. The van der Waals surface area contributed by atoms with Gasteiger partial charge in [0, 0.05) is 27.7 Å². The van der Waals surface area contributed by atoms with Crippen molar-refractivity contribution in [3.05, 3.63) is 0 Å². The van der Waals surface area contributed by atoms with Crippen molar-refractivity contribution in [2.75, 3.05) is 44.8 Å². The van der Waals surface area contributed by atoms with Crippen molar-refractivity contribution in [3.8, 4) is 0 Å². The SMILES string of the molecule is CC(=O)O[C@H]1[C@H](OS(C)(=O)=O)[C@@H](O[C@]2(COS(C)(=O)=O)O[C@H](COS(C)(=O)=O)[C@@H](OC(C)=O)[C@@H]2OC(C)=O)O[C@@H](COS(C)(=O)=O)[C@@H]1OC(C)=O. The Kier molecular flexibility index (Phi) is 14.9. The molecule has 51 heavy (non-hydrogen) atoms. The molecule has 0 aromatic heterocycles. The molecule has 23 nitrogen and oxygen atoms in total. The van der Waals surface area contributed by atoms with Crippen LogP contribution in [0.15, 0.2) is 0 Å². The van der Waals surface area contributed by atoms with E-state index in [9.17, 15) is 52.8 Å². The quantitative estimate of drug-likeness (QED) is 0.0793. The van der Waals surface area contributed by atoms with Crippen molar-refractivity contribution in [3.63, 3.8) is 0 Å². The van der Waals surface area contributed by atoms with Gasteiger partial charge < -0.3 is 33.2 Å². The molecule has 2 aliphatic rings. The number of rotatable bonds is 17. The molecule has 0 radical (unpaired) electrons. The number of carbonyl (C=O) groups excluding carboxylic acids is 4. The first kappa shape index (κ1) is 44.6. The third-order valence-electron chi connectivity index (χ3n) is 6.21. The third kappa shape index (κ3) is 14.7. The molecular weight excluding hydrogens is 785 g/mol. The van der Waals surface area contributed by atoms with Crippen LogP contribution in [0.2, 0.25) is 0 Å². The van der Waals surface area contributed by atoms with Gasteiger partial charge in [-0.25, -0.2) is 0 Å². The summed E-state index contributed by atoms with van der Waals surface area (Å²) in [6.07, 6.45) is -13.8. The second-order valence-electron chi connectivity index (χ2n) is 11.1. The highest BCUT2D eigenvalue weighted by atomic mass is 32.2. The van der Waals surface area contributed by atoms with Crippen molar-refractivity contribution in [2.24, 2.45) is 0 Å². The molecule has 0 aromatic carbocycles. The van der Waals surface area contributed by atoms with Gasteiger partial charge >= 0.3 is 23.9 Å². The van der Waals surface area contributed by atoms with E-state index in [0.29, 0.717) is 25.0 Å². The van der Waals surface area contributed by atoms with Gasteiger partial charge in [-0.3, -0.25) is 35.9 Å². The average molecular weight is 823 g/mol. The molecule has 296 valence electrons. The summed E-state index contributed by atoms with van der Waals surface area (Å²) in [6, 6.07) is 0. The van der Waals surface area contributed by atoms with E-state index in [0.717, 1.165) is 27.7 Å². The van der Waals surface area contributed by atoms with Gasteiger partial charge in [0.2, 0.25) is 5.79 Å². The number of hydrogen-bond acceptors (Lipinski definition) is 23. The van der Waals surface area contributed by atoms with Gasteiger partial charge in [-0.15, -0.1) is 0 Å². The molecule has 0 aromatic rings. The van der Waals surface area contributed by atoms with Crippen LogP contribution in [0.3, 0.4) is 0 Å². The van der Waals surface area contributed by atoms with Crippen LogP contribution in [-0.2, 0) is 110 Å². The van der Waals surface area contributed by atoms with Crippen molar-refractivity contribution >= 4 is 64.3 Å². The highest BCUT2D eigenvalue weighted by Crippen LogP contribution is 2.42. The van der Waals surface area contributed by atoms with E-state index in [1.165, 1.54) is 0 Å². The lowest BCUT2D eigenvalue weighted by molar-refractivity contribution is -0.378. The Labute approximate surface area is 293 Å². The first-order valence-corrected chi connectivity index (χ1v) is 21.4. The second-order valence-corrected chi connectivity index (χ2v) is 17.6. The molecule has 0 amide bonds. The zero-order valence-corrected chi connectivity index (χ0v) is 31.5. The number of hydrogen-bond donors (Lipinski definition) is 0. The normalized spacial score (nSPS) is 30.3. The Hall–Kier alpha value is -2.60. The highest BCUT2D eigenvalue weighted by molar-refractivity contribution is 7.86. The van der Waals surface area contributed by atoms with E-state index in [1.54, 1.807) is 0 Å². The van der Waals surface area contributed by atoms with Crippen molar-refractivity contribution in [2.45, 2.75) is 82.5 Å². The molecule has 2 fully saturated rings. The molecule has 27 heteroatoms. The standard InChI is InChI=1S/C24H38O23S4/c1-12(25)40-18-16(9-37-48(5,29)30)44-23(21(47-51(8,35)36)20(18)42-14(3)27)46-24(11-39-50(7,33)34)22(43-15(4)28)19(41-13(2)26)17(45-24)10-38-49(6,31)32/h16-23H,9-11H2,1-8H3/t16-,17+,18-,19+,20+,21-,22-,23+,24-/m0/s1. The van der Waals surface area contributed by atoms with Gasteiger partial charge in [0.15, 0.2) is 36.8 Å². The number of ether oxygens (including phenoxy) is 7. The first-order chi connectivity index (χ1) is 23.0. The molecule has 2 saturated heterocycles. The maximum atomic E-state index is 12.5. The summed E-state index contributed by atoms with van der Waals surface area (Å²) in [5.74, 6) is -7.36. The summed E-state index contributed by atoms with van der Waals surface area (Å²) >= 11 is 0. The van der Waals surface area contributed by atoms with Crippen LogP contribution in [0.25, 0.3) is 0 Å². The number of carbonyl (C=O) groups is 4. The van der Waals surface area contributed by atoms with Crippen LogP contribution in [0.4, 0.5) is 0 Å². The largest absolute Gasteiger partial charge is 0.456 e. The maximum Gasteiger partial charge on any atom is 0.303 e. The minimum atomic E-state index is -4.64. The molecule has 2 aliphatic heterocycles. The van der Waals surface area contributed by atoms with E-state index in [4.69, 9.17) is 49.9 Å². The topological polar surface area (TPSA) is 306 Å². The van der Waals surface area contributed by atoms with Crippen LogP contribution in [0.1, 0.15) is 27.7 Å². The fraction of sp³-hybridized carbons (Fsp3) is 0.833. The first-order valence-electron chi connectivity index (χ1n) is 14.1. The van der Waals surface area contributed by atoms with Gasteiger partial charge in [0.25, 0.3) is 40.5 Å². The Morgan fingerprint density at radius 2 is 0.980 bits per heavy atom. The fourth-order valence-electron chi connectivity index (χ4n) is 4.71. The predicted octanol–water partition coefficient (Wildman–Crippen LogP) is -3.18. The lowest BCUT2D eigenvalue weighted by Gasteiger charge is -2.46. The van der Waals surface area contributed by atoms with Crippen LogP contribution in [-0.4, -0.2) is 157 Å². The minimum absolute atomic E-state index is 0.528. The van der Waals surface area contributed by atoms with Crippen molar-refractivity contribution in [1.82, 2.24) is 0 Å². The molecular formula is C24H38O23S4. The Bertz CT molecular complexity index is 1740. The van der Waals surface area contributed by atoms with Gasteiger partial charge in [0.1, 0.15) is 18.8 Å². The predicted molar refractivity (Wildman–Crippen MR) is 162 cm³/mol. The fourth-order valence-corrected chi connectivity index (χ4v) is 6.46. The van der Waals surface area contributed by atoms with Crippen molar-refractivity contribution in [1.29, 1.82) is 0 Å². The Morgan fingerprint density at radius 3 is 1.41 bits per heavy atom. The summed E-state index contributed by atoms with van der Waals surface area (Å²) in [7, 11) is -17.7. The lowest BCUT2D eigenvalue weighted by atomic mass is 9.98. The molecule has 0 aliphatic carbocycles. The smallest absolute Gasteiger partial charge is 0.303 e. The van der Waals surface area contributed by atoms with Crippen LogP contribution in [0.5, 0.6) is 0 Å². The zero-order valence-electron chi connectivity index (χ0n) is 28.3. The van der Waals surface area contributed by atoms with Crippen LogP contribution in [0, 0.1) is 0 Å². The van der Waals surface area contributed by atoms with E-state index >= 15 is 0 Å². The molecule has 0 saturated carbocycles. The molecule has 0 bridgehead atoms. The molecule has 2 rings (SSSR count). The van der Waals surface area contributed by atoms with Gasteiger partial charge in [-0.1, -0.05) is 0 Å².